The van der Waals surface area contributed by atoms with Crippen LogP contribution >= 0.6 is 0 Å². The molecule has 5 heteroatoms. The molecule has 0 heterocycles. The molecule has 5 rings (SSSR count). The van der Waals surface area contributed by atoms with Gasteiger partial charge in [0.05, 0.1) is 12.2 Å². The number of hydrogen-bond donors (Lipinski definition) is 0. The zero-order valence-corrected chi connectivity index (χ0v) is 24.8. The van der Waals surface area contributed by atoms with E-state index in [4.69, 9.17) is 4.74 Å². The Bertz CT molecular complexity index is 1160. The zero-order valence-electron chi connectivity index (χ0n) is 24.8. The average Bonchev–Trinajstić information content (AvgIpc) is 2.82. The topological polar surface area (TPSA) is 84.2 Å². The van der Waals surface area contributed by atoms with Crippen LogP contribution < -0.4 is 0 Å². The number of ketones is 2. The number of nitriles is 1. The van der Waals surface area contributed by atoms with E-state index >= 15 is 0 Å². The van der Waals surface area contributed by atoms with Gasteiger partial charge in [0.1, 0.15) is 11.9 Å². The van der Waals surface area contributed by atoms with Crippen molar-refractivity contribution in [3.8, 4) is 6.07 Å². The van der Waals surface area contributed by atoms with E-state index in [1.807, 2.05) is 19.9 Å². The average molecular weight is 522 g/mol. The Morgan fingerprint density at radius 3 is 2.26 bits per heavy atom. The molecule has 5 aliphatic rings. The minimum absolute atomic E-state index is 0.0466. The predicted octanol–water partition coefficient (Wildman–Crippen LogP) is 6.85. The summed E-state index contributed by atoms with van der Waals surface area (Å²) >= 11 is 0. The van der Waals surface area contributed by atoms with Crippen LogP contribution in [0.15, 0.2) is 11.6 Å². The van der Waals surface area contributed by atoms with E-state index in [1.165, 1.54) is 6.92 Å². The zero-order chi connectivity index (χ0) is 28.1. The summed E-state index contributed by atoms with van der Waals surface area (Å²) in [6.45, 7) is 17.6. The van der Waals surface area contributed by atoms with Crippen molar-refractivity contribution in [2.75, 3.05) is 6.61 Å². The van der Waals surface area contributed by atoms with E-state index in [1.54, 1.807) is 0 Å². The lowest BCUT2D eigenvalue weighted by Crippen LogP contribution is -2.69. The first-order chi connectivity index (χ1) is 17.5. The van der Waals surface area contributed by atoms with E-state index in [-0.39, 0.29) is 68.1 Å². The Morgan fingerprint density at radius 1 is 0.974 bits per heavy atom. The third-order valence-corrected chi connectivity index (χ3v) is 13.2. The molecule has 5 nitrogen and oxygen atoms in total. The fourth-order valence-corrected chi connectivity index (χ4v) is 10.9. The molecule has 0 spiro atoms. The third-order valence-electron chi connectivity index (χ3n) is 13.2. The van der Waals surface area contributed by atoms with Gasteiger partial charge in [-0.3, -0.25) is 14.4 Å². The number of carbonyl (C=O) groups excluding carboxylic acids is 3. The van der Waals surface area contributed by atoms with Crippen LogP contribution in [0.3, 0.4) is 0 Å². The van der Waals surface area contributed by atoms with E-state index < -0.39 is 5.41 Å². The summed E-state index contributed by atoms with van der Waals surface area (Å²) < 4.78 is 5.71. The van der Waals surface area contributed by atoms with Gasteiger partial charge in [0.25, 0.3) is 0 Å². The van der Waals surface area contributed by atoms with Gasteiger partial charge < -0.3 is 4.74 Å². The number of hydrogen-bond acceptors (Lipinski definition) is 5. The van der Waals surface area contributed by atoms with Gasteiger partial charge in [0, 0.05) is 30.1 Å². The number of Topliss-reactive ketones (excluding diaryl/α,β-unsaturated/α-hetero) is 2. The van der Waals surface area contributed by atoms with Gasteiger partial charge in [-0.25, -0.2) is 0 Å². The Morgan fingerprint density at radius 2 is 1.63 bits per heavy atom. The van der Waals surface area contributed by atoms with Crippen molar-refractivity contribution >= 4 is 17.5 Å². The van der Waals surface area contributed by atoms with Crippen molar-refractivity contribution in [1.29, 1.82) is 5.26 Å². The lowest BCUT2D eigenvalue weighted by Gasteiger charge is -2.72. The van der Waals surface area contributed by atoms with Crippen molar-refractivity contribution in [3.05, 3.63) is 11.6 Å². The lowest BCUT2D eigenvalue weighted by atomic mass is 9.31. The molecule has 0 saturated heterocycles. The Labute approximate surface area is 229 Å². The van der Waals surface area contributed by atoms with Crippen molar-refractivity contribution in [3.63, 3.8) is 0 Å². The smallest absolute Gasteiger partial charge is 0.302 e. The van der Waals surface area contributed by atoms with Crippen molar-refractivity contribution in [1.82, 2.24) is 0 Å². The highest BCUT2D eigenvalue weighted by molar-refractivity contribution is 6.04. The second kappa shape index (κ2) is 8.28. The number of esters is 1. The standard InChI is InChI=1S/C33H47NO4/c1-20(35)38-19-33-13-11-28(2,3)17-22(33)26-23(36)15-25-30(6)16-21(18-34)27(37)29(4,5)24(30)9-10-31(25,7)32(26,8)12-14-33/h16,22,24-26H,9-15,17,19H2,1-8H3/t22?,24?,25?,26?,30-,31+,32+,33+/m0/s1. The summed E-state index contributed by atoms with van der Waals surface area (Å²) in [6, 6.07) is 2.21. The minimum atomic E-state index is -0.615. The molecule has 5 aliphatic carbocycles. The Balaban J connectivity index is 1.61. The molecule has 0 aromatic heterocycles. The summed E-state index contributed by atoms with van der Waals surface area (Å²) in [5.74, 6) is 0.434. The van der Waals surface area contributed by atoms with Gasteiger partial charge in [0.15, 0.2) is 5.78 Å². The third kappa shape index (κ3) is 3.50. The molecule has 0 aromatic carbocycles. The molecular weight excluding hydrogens is 474 g/mol. The van der Waals surface area contributed by atoms with Crippen LogP contribution in [0.5, 0.6) is 0 Å². The predicted molar refractivity (Wildman–Crippen MR) is 146 cm³/mol. The Hall–Kier alpha value is -1.96. The van der Waals surface area contributed by atoms with Gasteiger partial charge in [-0.05, 0) is 84.4 Å². The molecule has 0 bridgehead atoms. The number of ether oxygens (including phenoxy) is 1. The first-order valence-electron chi connectivity index (χ1n) is 14.8. The van der Waals surface area contributed by atoms with E-state index in [0.29, 0.717) is 18.8 Å². The van der Waals surface area contributed by atoms with Crippen molar-refractivity contribution < 1.29 is 19.1 Å². The highest BCUT2D eigenvalue weighted by Crippen LogP contribution is 2.75. The molecule has 0 N–H and O–H groups in total. The second-order valence-electron chi connectivity index (χ2n) is 15.8. The molecule has 4 fully saturated rings. The summed E-state index contributed by atoms with van der Waals surface area (Å²) in [7, 11) is 0. The molecule has 8 atom stereocenters. The maximum atomic E-state index is 14.5. The van der Waals surface area contributed by atoms with Gasteiger partial charge in [0.2, 0.25) is 0 Å². The van der Waals surface area contributed by atoms with Gasteiger partial charge in [-0.15, -0.1) is 0 Å². The molecule has 0 amide bonds. The van der Waals surface area contributed by atoms with Crippen LogP contribution in [-0.2, 0) is 19.1 Å². The number of fused-ring (bicyclic) bond motifs is 7. The first-order valence-corrected chi connectivity index (χ1v) is 14.8. The van der Waals surface area contributed by atoms with Crippen molar-refractivity contribution in [2.45, 2.75) is 107 Å². The molecular formula is C33H47NO4. The van der Waals surface area contributed by atoms with Crippen LogP contribution in [0.4, 0.5) is 0 Å². The maximum absolute atomic E-state index is 14.5. The van der Waals surface area contributed by atoms with E-state index in [9.17, 15) is 19.6 Å². The molecule has 0 radical (unpaired) electrons. The van der Waals surface area contributed by atoms with Gasteiger partial charge in [-0.1, -0.05) is 54.5 Å². The monoisotopic (exact) mass is 521 g/mol. The summed E-state index contributed by atoms with van der Waals surface area (Å²) in [4.78, 5) is 39.6. The van der Waals surface area contributed by atoms with Gasteiger partial charge in [-0.2, -0.15) is 5.26 Å². The fourth-order valence-electron chi connectivity index (χ4n) is 10.9. The highest BCUT2D eigenvalue weighted by atomic mass is 16.5. The molecule has 4 unspecified atom stereocenters. The fraction of sp³-hybridized carbons (Fsp3) is 0.818. The van der Waals surface area contributed by atoms with Crippen LogP contribution in [0.2, 0.25) is 0 Å². The van der Waals surface area contributed by atoms with Crippen LogP contribution in [0.1, 0.15) is 107 Å². The molecule has 0 aromatic rings. The molecule has 4 saturated carbocycles. The summed E-state index contributed by atoms with van der Waals surface area (Å²) in [6.07, 6.45) is 9.42. The van der Waals surface area contributed by atoms with E-state index in [2.05, 4.69) is 40.7 Å². The number of carbonyl (C=O) groups is 3. The largest absolute Gasteiger partial charge is 0.465 e. The normalized spacial score (nSPS) is 46.9. The highest BCUT2D eigenvalue weighted by Gasteiger charge is 2.72. The van der Waals surface area contributed by atoms with Crippen LogP contribution in [0, 0.1) is 67.5 Å². The number of allylic oxidation sites excluding steroid dienone is 2. The molecule has 0 aliphatic heterocycles. The molecule has 208 valence electrons. The Kier molecular flexibility index (Phi) is 6.01. The van der Waals surface area contributed by atoms with E-state index in [0.717, 1.165) is 44.9 Å². The number of nitrogens with zero attached hydrogens (tertiary/aromatic N) is 1. The minimum Gasteiger partial charge on any atom is -0.465 e. The lowest BCUT2D eigenvalue weighted by molar-refractivity contribution is -0.227. The number of rotatable bonds is 2. The second-order valence-corrected chi connectivity index (χ2v) is 15.8. The quantitative estimate of drug-likeness (QED) is 0.371. The van der Waals surface area contributed by atoms with Crippen molar-refractivity contribution in [2.24, 2.45) is 56.2 Å². The van der Waals surface area contributed by atoms with Crippen LogP contribution in [-0.4, -0.2) is 24.1 Å². The summed E-state index contributed by atoms with van der Waals surface area (Å²) in [5.41, 5.74) is -0.950. The van der Waals surface area contributed by atoms with Gasteiger partial charge >= 0.3 is 5.97 Å². The molecule has 38 heavy (non-hydrogen) atoms. The SMILES string of the molecule is CC(=O)OC[C@]12CCC(C)(C)CC1C1C(=O)CC3[C@@]4(C)C=C(C#N)C(=O)C(C)(C)C4CC[C@@]3(C)[C@]1(C)CC2. The summed E-state index contributed by atoms with van der Waals surface area (Å²) in [5, 5.41) is 9.90. The maximum Gasteiger partial charge on any atom is 0.302 e. The first kappa shape index (κ1) is 27.6. The van der Waals surface area contributed by atoms with Crippen LogP contribution in [0.25, 0.3) is 0 Å².